The molecule has 2 heterocycles. The number of hydrogen-bond donors (Lipinski definition) is 0. The van der Waals surface area contributed by atoms with Crippen LogP contribution in [-0.4, -0.2) is 32.1 Å². The minimum absolute atomic E-state index is 0. The molecule has 0 bridgehead atoms. The number of nitrogens with zero attached hydrogens (tertiary/aromatic N) is 1. The van der Waals surface area contributed by atoms with Gasteiger partial charge in [-0.25, -0.2) is 0 Å². The normalized spacial score (nSPS) is 19.8. The Labute approximate surface area is 95.3 Å². The second-order valence-corrected chi connectivity index (χ2v) is 4.53. The van der Waals surface area contributed by atoms with E-state index >= 15 is 0 Å². The summed E-state index contributed by atoms with van der Waals surface area (Å²) in [6.45, 7) is 2.01. The molecule has 80 valence electrons. The topological polar surface area (TPSA) is 12.5 Å². The van der Waals surface area contributed by atoms with Crippen molar-refractivity contribution in [1.29, 1.82) is 0 Å². The lowest BCUT2D eigenvalue weighted by Gasteiger charge is -2.25. The zero-order valence-electron chi connectivity index (χ0n) is 8.53. The van der Waals surface area contributed by atoms with Gasteiger partial charge in [-0.1, -0.05) is 0 Å². The highest BCUT2D eigenvalue weighted by Gasteiger charge is 2.22. The molecular formula is C10H16ClNOS. The van der Waals surface area contributed by atoms with Crippen molar-refractivity contribution in [3.8, 4) is 5.75 Å². The first-order valence-corrected chi connectivity index (χ1v) is 5.55. The van der Waals surface area contributed by atoms with Crippen LogP contribution in [0.1, 0.15) is 17.9 Å². The Hall–Kier alpha value is -0.250. The van der Waals surface area contributed by atoms with E-state index in [9.17, 15) is 0 Å². The van der Waals surface area contributed by atoms with Crippen LogP contribution in [0.25, 0.3) is 0 Å². The van der Waals surface area contributed by atoms with Crippen molar-refractivity contribution in [2.45, 2.75) is 12.3 Å². The van der Waals surface area contributed by atoms with E-state index in [1.54, 1.807) is 11.3 Å². The highest BCUT2D eigenvalue weighted by atomic mass is 35.5. The lowest BCUT2D eigenvalue weighted by molar-refractivity contribution is 0.246. The molecule has 1 aromatic rings. The van der Waals surface area contributed by atoms with Gasteiger partial charge in [0.2, 0.25) is 0 Å². The number of rotatable bonds is 2. The minimum Gasteiger partial charge on any atom is -0.492 e. The molecule has 0 aromatic carbocycles. The first kappa shape index (κ1) is 11.8. The van der Waals surface area contributed by atoms with Gasteiger partial charge < -0.3 is 9.64 Å². The molecule has 0 spiro atoms. The van der Waals surface area contributed by atoms with Gasteiger partial charge in [-0.15, -0.1) is 23.7 Å². The smallest absolute Gasteiger partial charge is 0.133 e. The van der Waals surface area contributed by atoms with E-state index in [4.69, 9.17) is 4.74 Å². The summed E-state index contributed by atoms with van der Waals surface area (Å²) in [7, 11) is 4.25. The van der Waals surface area contributed by atoms with Crippen molar-refractivity contribution in [2.24, 2.45) is 0 Å². The van der Waals surface area contributed by atoms with E-state index in [2.05, 4.69) is 29.8 Å². The second-order valence-electron chi connectivity index (χ2n) is 3.79. The van der Waals surface area contributed by atoms with Crippen LogP contribution in [0.5, 0.6) is 5.75 Å². The maximum atomic E-state index is 5.57. The lowest BCUT2D eigenvalue weighted by atomic mass is 9.96. The summed E-state index contributed by atoms with van der Waals surface area (Å²) in [5, 5.41) is 4.33. The molecular weight excluding hydrogens is 218 g/mol. The Morgan fingerprint density at radius 2 is 2.29 bits per heavy atom. The van der Waals surface area contributed by atoms with Crippen LogP contribution >= 0.6 is 23.7 Å². The van der Waals surface area contributed by atoms with Gasteiger partial charge in [0, 0.05) is 23.4 Å². The summed E-state index contributed by atoms with van der Waals surface area (Å²) in [5.41, 5.74) is 1.41. The number of fused-ring (bicyclic) bond motifs is 1. The van der Waals surface area contributed by atoms with Gasteiger partial charge in [-0.2, -0.15) is 0 Å². The quantitative estimate of drug-likeness (QED) is 0.779. The second kappa shape index (κ2) is 5.01. The van der Waals surface area contributed by atoms with Crippen molar-refractivity contribution in [3.63, 3.8) is 0 Å². The Kier molecular flexibility index (Phi) is 4.23. The molecule has 14 heavy (non-hydrogen) atoms. The molecule has 2 nitrogen and oxygen atoms in total. The van der Waals surface area contributed by atoms with Crippen LogP contribution in [0.3, 0.4) is 0 Å². The zero-order valence-corrected chi connectivity index (χ0v) is 10.2. The third-order valence-corrected chi connectivity index (χ3v) is 3.14. The van der Waals surface area contributed by atoms with Crippen molar-refractivity contribution in [3.05, 3.63) is 16.3 Å². The molecule has 0 N–H and O–H groups in total. The first-order valence-electron chi connectivity index (χ1n) is 4.61. The number of thiophene rings is 1. The van der Waals surface area contributed by atoms with Gasteiger partial charge in [0.05, 0.1) is 6.61 Å². The molecule has 1 atom stereocenters. The van der Waals surface area contributed by atoms with Gasteiger partial charge in [-0.05, 0) is 25.9 Å². The van der Waals surface area contributed by atoms with E-state index in [0.717, 1.165) is 25.3 Å². The molecule has 2 rings (SSSR count). The van der Waals surface area contributed by atoms with Crippen LogP contribution in [-0.2, 0) is 0 Å². The van der Waals surface area contributed by atoms with Gasteiger partial charge in [0.25, 0.3) is 0 Å². The molecule has 1 unspecified atom stereocenters. The molecule has 0 fully saturated rings. The minimum atomic E-state index is 0. The lowest BCUT2D eigenvalue weighted by Crippen LogP contribution is -2.24. The maximum absolute atomic E-state index is 5.57. The highest BCUT2D eigenvalue weighted by molar-refractivity contribution is 7.08. The summed E-state index contributed by atoms with van der Waals surface area (Å²) >= 11 is 1.74. The number of likely N-dealkylation sites (N-methyl/N-ethyl adjacent to an activating group) is 1. The monoisotopic (exact) mass is 233 g/mol. The van der Waals surface area contributed by atoms with Crippen LogP contribution in [0.15, 0.2) is 10.8 Å². The Bertz CT molecular complexity index is 287. The van der Waals surface area contributed by atoms with Crippen molar-refractivity contribution in [2.75, 3.05) is 27.2 Å². The summed E-state index contributed by atoms with van der Waals surface area (Å²) < 4.78 is 5.57. The molecule has 0 saturated heterocycles. The van der Waals surface area contributed by atoms with E-state index in [-0.39, 0.29) is 12.4 Å². The Balaban J connectivity index is 0.000000980. The number of ether oxygens (including phenoxy) is 1. The molecule has 1 aliphatic heterocycles. The fraction of sp³-hybridized carbons (Fsp3) is 0.600. The number of halogens is 1. The summed E-state index contributed by atoms with van der Waals surface area (Å²) in [6.07, 6.45) is 1.15. The standard InChI is InChI=1S/C10H15NOS.ClH/c1-11(2)5-8-3-4-12-10-7-13-6-9(8)10;/h6-8H,3-5H2,1-2H3;1H. The van der Waals surface area contributed by atoms with Crippen molar-refractivity contribution in [1.82, 2.24) is 4.90 Å². The van der Waals surface area contributed by atoms with Gasteiger partial charge in [0.15, 0.2) is 0 Å². The van der Waals surface area contributed by atoms with Crippen LogP contribution in [0.4, 0.5) is 0 Å². The summed E-state index contributed by atoms with van der Waals surface area (Å²) in [5.74, 6) is 1.79. The third kappa shape index (κ3) is 2.41. The van der Waals surface area contributed by atoms with Crippen LogP contribution in [0, 0.1) is 0 Å². The molecule has 0 aliphatic carbocycles. The number of hydrogen-bond acceptors (Lipinski definition) is 3. The molecule has 0 amide bonds. The Morgan fingerprint density at radius 1 is 1.50 bits per heavy atom. The van der Waals surface area contributed by atoms with E-state index in [1.807, 2.05) is 0 Å². The van der Waals surface area contributed by atoms with Crippen LogP contribution in [0.2, 0.25) is 0 Å². The average Bonchev–Trinajstić information content (AvgIpc) is 2.51. The molecule has 4 heteroatoms. The zero-order chi connectivity index (χ0) is 9.26. The van der Waals surface area contributed by atoms with Gasteiger partial charge in [0.1, 0.15) is 5.75 Å². The fourth-order valence-electron chi connectivity index (χ4n) is 1.81. The van der Waals surface area contributed by atoms with Gasteiger partial charge >= 0.3 is 0 Å². The SMILES string of the molecule is CN(C)CC1CCOc2cscc21.Cl. The van der Waals surface area contributed by atoms with E-state index in [0.29, 0.717) is 5.92 Å². The predicted molar refractivity (Wildman–Crippen MR) is 63.0 cm³/mol. The Morgan fingerprint density at radius 3 is 3.00 bits per heavy atom. The molecule has 1 aromatic heterocycles. The summed E-state index contributed by atoms with van der Waals surface area (Å²) in [4.78, 5) is 2.25. The third-order valence-electron chi connectivity index (χ3n) is 2.40. The van der Waals surface area contributed by atoms with Crippen molar-refractivity contribution < 1.29 is 4.74 Å². The largest absolute Gasteiger partial charge is 0.492 e. The maximum Gasteiger partial charge on any atom is 0.133 e. The van der Waals surface area contributed by atoms with Crippen molar-refractivity contribution >= 4 is 23.7 Å². The fourth-order valence-corrected chi connectivity index (χ4v) is 2.66. The first-order chi connectivity index (χ1) is 6.27. The molecule has 0 radical (unpaired) electrons. The molecule has 0 saturated carbocycles. The van der Waals surface area contributed by atoms with Gasteiger partial charge in [-0.3, -0.25) is 0 Å². The van der Waals surface area contributed by atoms with Crippen LogP contribution < -0.4 is 4.74 Å². The highest BCUT2D eigenvalue weighted by Crippen LogP contribution is 2.36. The van der Waals surface area contributed by atoms with E-state index in [1.165, 1.54) is 5.56 Å². The summed E-state index contributed by atoms with van der Waals surface area (Å²) in [6, 6.07) is 0. The van der Waals surface area contributed by atoms with E-state index < -0.39 is 0 Å². The molecule has 1 aliphatic rings. The predicted octanol–water partition coefficient (Wildman–Crippen LogP) is 2.60. The average molecular weight is 234 g/mol.